The summed E-state index contributed by atoms with van der Waals surface area (Å²) in [5.74, 6) is 2.06. The van der Waals surface area contributed by atoms with Crippen molar-refractivity contribution in [3.63, 3.8) is 0 Å². The lowest BCUT2D eigenvalue weighted by Gasteiger charge is -2.17. The number of aromatic amines is 1. The number of nitrogens with zero attached hydrogens (tertiary/aromatic N) is 2. The number of ether oxygens (including phenoxy) is 2. The molecule has 1 atom stereocenters. The molecule has 5 rings (SSSR count). The number of aromatic nitrogens is 2. The van der Waals surface area contributed by atoms with Crippen LogP contribution in [0.4, 0.5) is 0 Å². The number of hydrogen-bond acceptors (Lipinski definition) is 4. The summed E-state index contributed by atoms with van der Waals surface area (Å²) in [6.07, 6.45) is 3.05. The number of hydrogen-bond donors (Lipinski definition) is 1. The van der Waals surface area contributed by atoms with Crippen molar-refractivity contribution >= 4 is 11.6 Å². The minimum atomic E-state index is 0.284. The Morgan fingerprint density at radius 2 is 2.04 bits per heavy atom. The zero-order valence-electron chi connectivity index (χ0n) is 14.8. The average molecular weight is 382 g/mol. The van der Waals surface area contributed by atoms with E-state index in [0.29, 0.717) is 5.92 Å². The second-order valence-corrected chi connectivity index (χ2v) is 7.49. The molecule has 0 saturated carbocycles. The van der Waals surface area contributed by atoms with E-state index in [2.05, 4.69) is 27.2 Å². The van der Waals surface area contributed by atoms with Gasteiger partial charge in [-0.1, -0.05) is 29.8 Å². The van der Waals surface area contributed by atoms with Gasteiger partial charge in [-0.15, -0.1) is 0 Å². The summed E-state index contributed by atoms with van der Waals surface area (Å²) in [4.78, 5) is 2.47. The van der Waals surface area contributed by atoms with Crippen LogP contribution in [0.25, 0.3) is 11.3 Å². The SMILES string of the molecule is Clc1ccccc1C1CCN(Cc2cn[nH]c2-c2ccc3c(c2)OCO3)C1. The molecule has 27 heavy (non-hydrogen) atoms. The lowest BCUT2D eigenvalue weighted by atomic mass is 9.98. The minimum absolute atomic E-state index is 0.284. The fourth-order valence-electron chi connectivity index (χ4n) is 4.01. The van der Waals surface area contributed by atoms with Crippen LogP contribution in [0, 0.1) is 0 Å². The van der Waals surface area contributed by atoms with Crippen LogP contribution in [0.15, 0.2) is 48.7 Å². The first-order valence-electron chi connectivity index (χ1n) is 9.17. The highest BCUT2D eigenvalue weighted by Crippen LogP contribution is 2.37. The number of benzene rings is 2. The number of halogens is 1. The predicted molar refractivity (Wildman–Crippen MR) is 104 cm³/mol. The Labute approximate surface area is 162 Å². The Morgan fingerprint density at radius 1 is 1.15 bits per heavy atom. The minimum Gasteiger partial charge on any atom is -0.454 e. The molecule has 3 heterocycles. The molecule has 0 radical (unpaired) electrons. The zero-order chi connectivity index (χ0) is 18.2. The highest BCUT2D eigenvalue weighted by Gasteiger charge is 2.26. The third kappa shape index (κ3) is 3.17. The second-order valence-electron chi connectivity index (χ2n) is 7.08. The van der Waals surface area contributed by atoms with Crippen LogP contribution in [0.3, 0.4) is 0 Å². The van der Waals surface area contributed by atoms with E-state index in [-0.39, 0.29) is 6.79 Å². The van der Waals surface area contributed by atoms with Crippen LogP contribution in [-0.4, -0.2) is 35.0 Å². The third-order valence-electron chi connectivity index (χ3n) is 5.39. The Balaban J connectivity index is 1.33. The molecule has 138 valence electrons. The fraction of sp³-hybridized carbons (Fsp3) is 0.286. The second kappa shape index (κ2) is 6.91. The Hall–Kier alpha value is -2.50. The smallest absolute Gasteiger partial charge is 0.231 e. The van der Waals surface area contributed by atoms with Crippen molar-refractivity contribution < 1.29 is 9.47 Å². The fourth-order valence-corrected chi connectivity index (χ4v) is 4.30. The van der Waals surface area contributed by atoms with Crippen LogP contribution < -0.4 is 9.47 Å². The summed E-state index contributed by atoms with van der Waals surface area (Å²) in [7, 11) is 0. The van der Waals surface area contributed by atoms with Gasteiger partial charge in [0, 0.05) is 29.2 Å². The molecule has 1 fully saturated rings. The van der Waals surface area contributed by atoms with Crippen molar-refractivity contribution in [1.29, 1.82) is 0 Å². The molecule has 2 aromatic carbocycles. The summed E-state index contributed by atoms with van der Waals surface area (Å²) in [6, 6.07) is 14.2. The molecule has 1 N–H and O–H groups in total. The standard InChI is InChI=1S/C21H20ClN3O2/c22-18-4-2-1-3-17(18)15-7-8-25(11-15)12-16-10-23-24-21(16)14-5-6-19-20(9-14)27-13-26-19/h1-6,9-10,15H,7-8,11-13H2,(H,23,24). The van der Waals surface area contributed by atoms with E-state index in [4.69, 9.17) is 21.1 Å². The van der Waals surface area contributed by atoms with Crippen LogP contribution in [-0.2, 0) is 6.54 Å². The van der Waals surface area contributed by atoms with E-state index in [9.17, 15) is 0 Å². The molecule has 1 unspecified atom stereocenters. The molecule has 5 nitrogen and oxygen atoms in total. The first kappa shape index (κ1) is 16.7. The molecule has 1 aromatic heterocycles. The van der Waals surface area contributed by atoms with Gasteiger partial charge >= 0.3 is 0 Å². The van der Waals surface area contributed by atoms with E-state index in [1.165, 1.54) is 11.1 Å². The molecule has 1 saturated heterocycles. The topological polar surface area (TPSA) is 50.4 Å². The van der Waals surface area contributed by atoms with E-state index in [0.717, 1.165) is 53.8 Å². The maximum Gasteiger partial charge on any atom is 0.231 e. The summed E-state index contributed by atoms with van der Waals surface area (Å²) in [5, 5.41) is 8.29. The summed E-state index contributed by atoms with van der Waals surface area (Å²) in [5.41, 5.74) is 4.54. The van der Waals surface area contributed by atoms with Crippen molar-refractivity contribution in [1.82, 2.24) is 15.1 Å². The number of rotatable bonds is 4. The molecule has 2 aliphatic rings. The van der Waals surface area contributed by atoms with Crippen molar-refractivity contribution in [3.05, 3.63) is 64.8 Å². The first-order chi connectivity index (χ1) is 13.3. The lowest BCUT2D eigenvalue weighted by molar-refractivity contribution is 0.174. The zero-order valence-corrected chi connectivity index (χ0v) is 15.6. The largest absolute Gasteiger partial charge is 0.454 e. The molecule has 0 amide bonds. The van der Waals surface area contributed by atoms with Gasteiger partial charge in [0.15, 0.2) is 11.5 Å². The lowest BCUT2D eigenvalue weighted by Crippen LogP contribution is -2.20. The Morgan fingerprint density at radius 3 is 2.96 bits per heavy atom. The molecule has 3 aromatic rings. The van der Waals surface area contributed by atoms with Gasteiger partial charge in [-0.05, 0) is 48.7 Å². The molecular formula is C21H20ClN3O2. The Kier molecular flexibility index (Phi) is 4.26. The van der Waals surface area contributed by atoms with Crippen LogP contribution >= 0.6 is 11.6 Å². The maximum atomic E-state index is 6.39. The highest BCUT2D eigenvalue weighted by atomic mass is 35.5. The number of nitrogens with one attached hydrogen (secondary N) is 1. The number of fused-ring (bicyclic) bond motifs is 1. The van der Waals surface area contributed by atoms with Crippen molar-refractivity contribution in [2.45, 2.75) is 18.9 Å². The average Bonchev–Trinajstić information content (AvgIpc) is 3.42. The summed E-state index contributed by atoms with van der Waals surface area (Å²) < 4.78 is 10.9. The van der Waals surface area contributed by atoms with Crippen LogP contribution in [0.1, 0.15) is 23.5 Å². The normalized spacial score (nSPS) is 18.9. The molecule has 0 bridgehead atoms. The van der Waals surface area contributed by atoms with Gasteiger partial charge in [0.1, 0.15) is 0 Å². The highest BCUT2D eigenvalue weighted by molar-refractivity contribution is 6.31. The van der Waals surface area contributed by atoms with Gasteiger partial charge in [-0.2, -0.15) is 5.10 Å². The van der Waals surface area contributed by atoms with E-state index >= 15 is 0 Å². The first-order valence-corrected chi connectivity index (χ1v) is 9.55. The van der Waals surface area contributed by atoms with E-state index in [1.807, 2.05) is 36.5 Å². The number of likely N-dealkylation sites (tertiary alicyclic amines) is 1. The van der Waals surface area contributed by atoms with Crippen molar-refractivity contribution in [2.75, 3.05) is 19.9 Å². The van der Waals surface area contributed by atoms with E-state index < -0.39 is 0 Å². The molecular weight excluding hydrogens is 362 g/mol. The van der Waals surface area contributed by atoms with Gasteiger partial charge in [-0.3, -0.25) is 10.00 Å². The van der Waals surface area contributed by atoms with Crippen molar-refractivity contribution in [2.24, 2.45) is 0 Å². The monoisotopic (exact) mass is 381 g/mol. The van der Waals surface area contributed by atoms with Gasteiger partial charge in [0.2, 0.25) is 6.79 Å². The molecule has 2 aliphatic heterocycles. The Bertz CT molecular complexity index is 972. The van der Waals surface area contributed by atoms with Gasteiger partial charge < -0.3 is 9.47 Å². The van der Waals surface area contributed by atoms with E-state index in [1.54, 1.807) is 0 Å². The number of H-pyrrole nitrogens is 1. The van der Waals surface area contributed by atoms with Crippen LogP contribution in [0.2, 0.25) is 5.02 Å². The quantitative estimate of drug-likeness (QED) is 0.725. The van der Waals surface area contributed by atoms with Crippen LogP contribution in [0.5, 0.6) is 11.5 Å². The molecule has 0 aliphatic carbocycles. The summed E-state index contributed by atoms with van der Waals surface area (Å²) >= 11 is 6.39. The van der Waals surface area contributed by atoms with Gasteiger partial charge in [0.05, 0.1) is 11.9 Å². The summed E-state index contributed by atoms with van der Waals surface area (Å²) in [6.45, 7) is 3.21. The van der Waals surface area contributed by atoms with Gasteiger partial charge in [-0.25, -0.2) is 0 Å². The molecule has 0 spiro atoms. The van der Waals surface area contributed by atoms with Crippen molar-refractivity contribution in [3.8, 4) is 22.8 Å². The molecule has 6 heteroatoms. The maximum absolute atomic E-state index is 6.39. The van der Waals surface area contributed by atoms with Gasteiger partial charge in [0.25, 0.3) is 0 Å². The predicted octanol–water partition coefficient (Wildman–Crippen LogP) is 4.45. The third-order valence-corrected chi connectivity index (χ3v) is 5.73.